The number of carbonyl (C=O) groups is 2. The number of likely N-dealkylation sites (tertiary alicyclic amines) is 1. The van der Waals surface area contributed by atoms with Gasteiger partial charge >= 0.3 is 5.97 Å². The number of esters is 1. The number of nitrogens with zero attached hydrogens (tertiary/aromatic N) is 3. The molecule has 0 aliphatic carbocycles. The van der Waals surface area contributed by atoms with E-state index in [9.17, 15) is 18.0 Å². The summed E-state index contributed by atoms with van der Waals surface area (Å²) in [7, 11) is -3.26. The Morgan fingerprint density at radius 1 is 1.13 bits per heavy atom. The molecule has 1 amide bonds. The van der Waals surface area contributed by atoms with Crippen molar-refractivity contribution in [3.63, 3.8) is 0 Å². The van der Waals surface area contributed by atoms with E-state index in [0.29, 0.717) is 43.9 Å². The van der Waals surface area contributed by atoms with Crippen LogP contribution in [0.5, 0.6) is 0 Å². The third kappa shape index (κ3) is 5.77. The van der Waals surface area contributed by atoms with Gasteiger partial charge < -0.3 is 9.64 Å². The van der Waals surface area contributed by atoms with E-state index in [1.165, 1.54) is 4.31 Å². The number of hydrogen-bond acceptors (Lipinski definition) is 6. The lowest BCUT2D eigenvalue weighted by atomic mass is 10.1. The molecule has 8 nitrogen and oxygen atoms in total. The van der Waals surface area contributed by atoms with Crippen LogP contribution >= 0.6 is 0 Å². The van der Waals surface area contributed by atoms with E-state index in [-0.39, 0.29) is 30.1 Å². The molecule has 0 spiro atoms. The van der Waals surface area contributed by atoms with E-state index in [2.05, 4.69) is 11.8 Å². The molecule has 0 saturated carbocycles. The van der Waals surface area contributed by atoms with Crippen molar-refractivity contribution in [1.29, 1.82) is 0 Å². The summed E-state index contributed by atoms with van der Waals surface area (Å²) in [6.45, 7) is 7.50. The minimum atomic E-state index is -3.26. The first-order valence-corrected chi connectivity index (χ1v) is 12.8. The van der Waals surface area contributed by atoms with Crippen molar-refractivity contribution in [2.45, 2.75) is 45.6 Å². The highest BCUT2D eigenvalue weighted by molar-refractivity contribution is 7.93. The van der Waals surface area contributed by atoms with Gasteiger partial charge in [0.15, 0.2) is 0 Å². The maximum atomic E-state index is 13.3. The molecular formula is C22H33N3O5S. The third-order valence-corrected chi connectivity index (χ3v) is 7.89. The zero-order chi connectivity index (χ0) is 22.4. The van der Waals surface area contributed by atoms with E-state index in [4.69, 9.17) is 4.74 Å². The summed E-state index contributed by atoms with van der Waals surface area (Å²) in [5, 5.41) is 0. The lowest BCUT2D eigenvalue weighted by molar-refractivity contribution is -0.143. The van der Waals surface area contributed by atoms with Crippen LogP contribution in [-0.2, 0) is 19.6 Å². The molecule has 0 bridgehead atoms. The second-order valence-electron chi connectivity index (χ2n) is 8.02. The smallest absolute Gasteiger partial charge is 0.307 e. The number of hydrogen-bond donors (Lipinski definition) is 0. The van der Waals surface area contributed by atoms with E-state index in [1.807, 2.05) is 0 Å². The van der Waals surface area contributed by atoms with Crippen LogP contribution in [0.15, 0.2) is 24.3 Å². The summed E-state index contributed by atoms with van der Waals surface area (Å²) in [4.78, 5) is 29.3. The molecule has 0 aromatic heterocycles. The Kier molecular flexibility index (Phi) is 7.94. The molecule has 2 aliphatic heterocycles. The van der Waals surface area contributed by atoms with Crippen LogP contribution in [0.2, 0.25) is 0 Å². The minimum absolute atomic E-state index is 0.150. The highest BCUT2D eigenvalue weighted by Crippen LogP contribution is 2.25. The summed E-state index contributed by atoms with van der Waals surface area (Å²) >= 11 is 0. The quantitative estimate of drug-likeness (QED) is 0.535. The summed E-state index contributed by atoms with van der Waals surface area (Å²) in [6, 6.07) is 7.01. The summed E-state index contributed by atoms with van der Waals surface area (Å²) in [6.07, 6.45) is 2.91. The third-order valence-electron chi connectivity index (χ3n) is 6.02. The highest BCUT2D eigenvalue weighted by atomic mass is 32.2. The fourth-order valence-electron chi connectivity index (χ4n) is 4.39. The van der Waals surface area contributed by atoms with E-state index >= 15 is 0 Å². The van der Waals surface area contributed by atoms with Crippen LogP contribution in [0.3, 0.4) is 0 Å². The molecule has 1 aromatic carbocycles. The molecule has 1 unspecified atom stereocenters. The zero-order valence-corrected chi connectivity index (χ0v) is 19.3. The number of carbonyl (C=O) groups excluding carboxylic acids is 2. The van der Waals surface area contributed by atoms with Gasteiger partial charge in [-0.3, -0.25) is 18.8 Å². The molecule has 2 saturated heterocycles. The highest BCUT2D eigenvalue weighted by Gasteiger charge is 2.30. The van der Waals surface area contributed by atoms with Crippen molar-refractivity contribution >= 4 is 27.6 Å². The van der Waals surface area contributed by atoms with Crippen molar-refractivity contribution in [2.24, 2.45) is 0 Å². The second kappa shape index (κ2) is 10.5. The van der Waals surface area contributed by atoms with Gasteiger partial charge in [0.2, 0.25) is 10.0 Å². The average Bonchev–Trinajstić information content (AvgIpc) is 3.35. The van der Waals surface area contributed by atoms with Gasteiger partial charge in [-0.1, -0.05) is 6.92 Å². The molecular weight excluding hydrogens is 418 g/mol. The van der Waals surface area contributed by atoms with Crippen LogP contribution in [0.25, 0.3) is 0 Å². The maximum Gasteiger partial charge on any atom is 0.307 e. The van der Waals surface area contributed by atoms with Gasteiger partial charge in [0.05, 0.1) is 24.5 Å². The molecule has 31 heavy (non-hydrogen) atoms. The predicted molar refractivity (Wildman–Crippen MR) is 120 cm³/mol. The van der Waals surface area contributed by atoms with E-state index < -0.39 is 10.0 Å². The van der Waals surface area contributed by atoms with Gasteiger partial charge in [-0.2, -0.15) is 0 Å². The Labute approximate surface area is 185 Å². The molecule has 9 heteroatoms. The number of rotatable bonds is 9. The van der Waals surface area contributed by atoms with Crippen LogP contribution in [0, 0.1) is 0 Å². The van der Waals surface area contributed by atoms with Gasteiger partial charge in [-0.05, 0) is 63.5 Å². The number of amides is 1. The first-order valence-electron chi connectivity index (χ1n) is 11.1. The van der Waals surface area contributed by atoms with Gasteiger partial charge in [-0.25, -0.2) is 8.42 Å². The Balaban J connectivity index is 1.74. The number of ether oxygens (including phenoxy) is 1. The molecule has 2 fully saturated rings. The van der Waals surface area contributed by atoms with Crippen LogP contribution in [0.1, 0.15) is 49.9 Å². The molecule has 2 aliphatic rings. The van der Waals surface area contributed by atoms with Crippen LogP contribution in [-0.4, -0.2) is 81.2 Å². The number of anilines is 1. The van der Waals surface area contributed by atoms with Gasteiger partial charge in [0.1, 0.15) is 0 Å². The van der Waals surface area contributed by atoms with Gasteiger partial charge in [0.25, 0.3) is 5.91 Å². The topological polar surface area (TPSA) is 87.2 Å². The lowest BCUT2D eigenvalue weighted by Crippen LogP contribution is -2.44. The number of benzene rings is 1. The first kappa shape index (κ1) is 23.5. The molecule has 3 rings (SSSR count). The average molecular weight is 452 g/mol. The Bertz CT molecular complexity index is 872. The first-order chi connectivity index (χ1) is 14.9. The zero-order valence-electron chi connectivity index (χ0n) is 18.5. The molecule has 0 radical (unpaired) electrons. The molecule has 0 N–H and O–H groups in total. The Morgan fingerprint density at radius 2 is 1.87 bits per heavy atom. The minimum Gasteiger partial charge on any atom is -0.466 e. The fraction of sp³-hybridized carbons (Fsp3) is 0.636. The van der Waals surface area contributed by atoms with Gasteiger partial charge in [-0.15, -0.1) is 0 Å². The van der Waals surface area contributed by atoms with Gasteiger partial charge in [0, 0.05) is 31.2 Å². The van der Waals surface area contributed by atoms with Crippen LogP contribution in [0.4, 0.5) is 5.69 Å². The normalized spacial score (nSPS) is 20.7. The molecule has 172 valence electrons. The van der Waals surface area contributed by atoms with Crippen molar-refractivity contribution < 1.29 is 22.7 Å². The summed E-state index contributed by atoms with van der Waals surface area (Å²) in [5.41, 5.74) is 1.07. The van der Waals surface area contributed by atoms with E-state index in [0.717, 1.165) is 25.9 Å². The van der Waals surface area contributed by atoms with Crippen molar-refractivity contribution in [1.82, 2.24) is 9.80 Å². The lowest BCUT2D eigenvalue weighted by Gasteiger charge is -2.30. The molecule has 2 heterocycles. The number of sulfonamides is 1. The summed E-state index contributed by atoms with van der Waals surface area (Å²) < 4.78 is 30.7. The Hall–Kier alpha value is -2.13. The predicted octanol–water partition coefficient (Wildman–Crippen LogP) is 2.11. The van der Waals surface area contributed by atoms with E-state index in [1.54, 1.807) is 36.1 Å². The fourth-order valence-corrected chi connectivity index (χ4v) is 5.95. The van der Waals surface area contributed by atoms with Crippen molar-refractivity contribution in [2.75, 3.05) is 49.4 Å². The van der Waals surface area contributed by atoms with Crippen molar-refractivity contribution in [3.05, 3.63) is 29.8 Å². The van der Waals surface area contributed by atoms with Crippen LogP contribution < -0.4 is 4.31 Å². The summed E-state index contributed by atoms with van der Waals surface area (Å²) in [5.74, 6) is -0.304. The monoisotopic (exact) mass is 451 g/mol. The maximum absolute atomic E-state index is 13.3. The number of likely N-dealkylation sites (N-methyl/N-ethyl adjacent to an activating group) is 1. The standard InChI is InChI=1S/C22H33N3O5S/c1-3-23-13-5-7-20(23)17-24(15-12-21(26)30-4-2)22(27)18-8-10-19(11-9-18)25-14-6-16-31(25,28)29/h8-11,20H,3-7,12-17H2,1-2H3. The Morgan fingerprint density at radius 3 is 2.48 bits per heavy atom. The SMILES string of the molecule is CCOC(=O)CCN(CC1CCCN1CC)C(=O)c1ccc(N2CCCS2(=O)=O)cc1. The molecule has 1 atom stereocenters. The van der Waals surface area contributed by atoms with Crippen molar-refractivity contribution in [3.8, 4) is 0 Å². The largest absolute Gasteiger partial charge is 0.466 e. The second-order valence-corrected chi connectivity index (χ2v) is 10.0. The molecule has 1 aromatic rings.